The van der Waals surface area contributed by atoms with Crippen molar-refractivity contribution in [1.82, 2.24) is 0 Å². The van der Waals surface area contributed by atoms with Crippen molar-refractivity contribution < 1.29 is 18.8 Å². The summed E-state index contributed by atoms with van der Waals surface area (Å²) in [5, 5.41) is 16.3. The first-order valence-corrected chi connectivity index (χ1v) is 8.24. The lowest BCUT2D eigenvalue weighted by Crippen LogP contribution is -2.14. The summed E-state index contributed by atoms with van der Waals surface area (Å²) in [6.45, 7) is 0. The topological polar surface area (TPSA) is 93.5 Å². The number of ether oxygens (including phenoxy) is 1. The molecule has 0 spiro atoms. The Kier molecular flexibility index (Phi) is 5.50. The van der Waals surface area contributed by atoms with Crippen molar-refractivity contribution >= 4 is 28.7 Å². The Morgan fingerprint density at radius 1 is 1.00 bits per heavy atom. The van der Waals surface area contributed by atoms with Gasteiger partial charge in [0.2, 0.25) is 0 Å². The summed E-state index contributed by atoms with van der Waals surface area (Å²) in [5.41, 5.74) is 0.772. The van der Waals surface area contributed by atoms with Crippen LogP contribution < -0.4 is 15.4 Å². The van der Waals surface area contributed by atoms with Crippen LogP contribution in [0.15, 0.2) is 66.7 Å². The van der Waals surface area contributed by atoms with Crippen LogP contribution >= 0.6 is 0 Å². The number of methoxy groups -OCH3 is 1. The third-order valence-corrected chi connectivity index (χ3v) is 3.96. The summed E-state index contributed by atoms with van der Waals surface area (Å²) in [4.78, 5) is 22.8. The highest BCUT2D eigenvalue weighted by Gasteiger charge is 2.16. The maximum Gasteiger partial charge on any atom is 0.272 e. The first-order chi connectivity index (χ1) is 13.5. The largest absolute Gasteiger partial charge is 0.495 e. The highest BCUT2D eigenvalue weighted by atomic mass is 19.1. The molecule has 0 aliphatic carbocycles. The van der Waals surface area contributed by atoms with Gasteiger partial charge in [0.25, 0.3) is 11.6 Å². The van der Waals surface area contributed by atoms with E-state index in [1.807, 2.05) is 0 Å². The number of nitrogens with zero attached hydrogens (tertiary/aromatic N) is 1. The Bertz CT molecular complexity index is 1040. The molecule has 8 heteroatoms. The van der Waals surface area contributed by atoms with E-state index in [-0.39, 0.29) is 16.9 Å². The van der Waals surface area contributed by atoms with Crippen molar-refractivity contribution in [2.45, 2.75) is 0 Å². The second-order valence-electron chi connectivity index (χ2n) is 5.75. The first kappa shape index (κ1) is 18.8. The molecule has 0 aromatic heterocycles. The standard InChI is InChI=1S/C20H16FN3O4/c1-28-19-9-5-4-8-18(19)23-20(25)14-6-2-3-7-16(14)22-17-11-10-13(24(26)27)12-15(17)21/h2-12,22H,1H3,(H,23,25). The molecular weight excluding hydrogens is 365 g/mol. The molecule has 3 rings (SSSR count). The van der Waals surface area contributed by atoms with Crippen molar-refractivity contribution in [3.05, 3.63) is 88.2 Å². The molecule has 0 aliphatic heterocycles. The van der Waals surface area contributed by atoms with Crippen molar-refractivity contribution in [3.8, 4) is 5.75 Å². The number of non-ortho nitro benzene ring substituents is 1. The summed E-state index contributed by atoms with van der Waals surface area (Å²) in [6.07, 6.45) is 0. The van der Waals surface area contributed by atoms with Gasteiger partial charge in [0, 0.05) is 6.07 Å². The predicted molar refractivity (Wildman–Crippen MR) is 104 cm³/mol. The molecular formula is C20H16FN3O4. The van der Waals surface area contributed by atoms with E-state index in [0.717, 1.165) is 6.07 Å². The molecule has 0 saturated carbocycles. The summed E-state index contributed by atoms with van der Waals surface area (Å²) < 4.78 is 19.4. The van der Waals surface area contributed by atoms with Gasteiger partial charge < -0.3 is 15.4 Å². The second kappa shape index (κ2) is 8.17. The predicted octanol–water partition coefficient (Wildman–Crippen LogP) is 4.74. The van der Waals surface area contributed by atoms with Gasteiger partial charge in [-0.1, -0.05) is 24.3 Å². The molecule has 28 heavy (non-hydrogen) atoms. The van der Waals surface area contributed by atoms with Crippen molar-refractivity contribution in [2.75, 3.05) is 17.7 Å². The van der Waals surface area contributed by atoms with Gasteiger partial charge in [-0.2, -0.15) is 0 Å². The Morgan fingerprint density at radius 3 is 2.36 bits per heavy atom. The summed E-state index contributed by atoms with van der Waals surface area (Å²) in [5.74, 6) is -0.716. The molecule has 142 valence electrons. The molecule has 0 aliphatic rings. The first-order valence-electron chi connectivity index (χ1n) is 8.24. The number of hydrogen-bond acceptors (Lipinski definition) is 5. The van der Waals surface area contributed by atoms with Gasteiger partial charge in [-0.15, -0.1) is 0 Å². The van der Waals surface area contributed by atoms with Crippen LogP contribution in [0, 0.1) is 15.9 Å². The van der Waals surface area contributed by atoms with Gasteiger partial charge >= 0.3 is 0 Å². The SMILES string of the molecule is COc1ccccc1NC(=O)c1ccccc1Nc1ccc([N+](=O)[O-])cc1F. The molecule has 0 heterocycles. The zero-order valence-corrected chi connectivity index (χ0v) is 14.8. The average Bonchev–Trinajstić information content (AvgIpc) is 2.70. The van der Waals surface area contributed by atoms with Gasteiger partial charge in [-0.05, 0) is 30.3 Å². The second-order valence-corrected chi connectivity index (χ2v) is 5.75. The molecule has 0 fully saturated rings. The number of rotatable bonds is 6. The van der Waals surface area contributed by atoms with E-state index in [4.69, 9.17) is 4.74 Å². The smallest absolute Gasteiger partial charge is 0.272 e. The number of anilines is 3. The van der Waals surface area contributed by atoms with Crippen molar-refractivity contribution in [3.63, 3.8) is 0 Å². The van der Waals surface area contributed by atoms with E-state index < -0.39 is 16.6 Å². The van der Waals surface area contributed by atoms with Crippen LogP contribution in [0.5, 0.6) is 5.75 Å². The Morgan fingerprint density at radius 2 is 1.68 bits per heavy atom. The molecule has 7 nitrogen and oxygen atoms in total. The molecule has 3 aromatic carbocycles. The Hall–Kier alpha value is -3.94. The number of hydrogen-bond donors (Lipinski definition) is 2. The van der Waals surface area contributed by atoms with Crippen LogP contribution in [-0.4, -0.2) is 17.9 Å². The third kappa shape index (κ3) is 4.07. The van der Waals surface area contributed by atoms with Crippen LogP contribution in [0.25, 0.3) is 0 Å². The van der Waals surface area contributed by atoms with Crippen molar-refractivity contribution in [1.29, 1.82) is 0 Å². The maximum atomic E-state index is 14.2. The fourth-order valence-corrected chi connectivity index (χ4v) is 2.59. The lowest BCUT2D eigenvalue weighted by molar-refractivity contribution is -0.385. The maximum absolute atomic E-state index is 14.2. The Labute approximate surface area is 159 Å². The number of nitro groups is 1. The number of nitrogens with one attached hydrogen (secondary N) is 2. The molecule has 0 radical (unpaired) electrons. The molecule has 0 saturated heterocycles. The zero-order chi connectivity index (χ0) is 20.1. The minimum atomic E-state index is -0.797. The number of para-hydroxylation sites is 3. The number of benzene rings is 3. The fraction of sp³-hybridized carbons (Fsp3) is 0.0500. The van der Waals surface area contributed by atoms with Gasteiger partial charge in [-0.25, -0.2) is 4.39 Å². The summed E-state index contributed by atoms with van der Waals surface area (Å²) in [6, 6.07) is 16.8. The van der Waals surface area contributed by atoms with Gasteiger partial charge in [0.05, 0.1) is 40.7 Å². The zero-order valence-electron chi connectivity index (χ0n) is 14.8. The van der Waals surface area contributed by atoms with E-state index in [2.05, 4.69) is 10.6 Å². The Balaban J connectivity index is 1.87. The monoisotopic (exact) mass is 381 g/mol. The van der Waals surface area contributed by atoms with E-state index in [1.165, 1.54) is 19.2 Å². The number of amides is 1. The fourth-order valence-electron chi connectivity index (χ4n) is 2.59. The molecule has 2 N–H and O–H groups in total. The van der Waals surface area contributed by atoms with Crippen LogP contribution in [0.2, 0.25) is 0 Å². The van der Waals surface area contributed by atoms with Gasteiger partial charge in [0.1, 0.15) is 5.75 Å². The minimum absolute atomic E-state index is 0.0168. The number of carbonyl (C=O) groups is 1. The molecule has 0 atom stereocenters. The molecule has 0 bridgehead atoms. The van der Waals surface area contributed by atoms with Crippen LogP contribution in [0.3, 0.4) is 0 Å². The highest BCUT2D eigenvalue weighted by Crippen LogP contribution is 2.28. The number of nitro benzene ring substituents is 1. The summed E-state index contributed by atoms with van der Waals surface area (Å²) >= 11 is 0. The number of halogens is 1. The van der Waals surface area contributed by atoms with E-state index in [9.17, 15) is 19.3 Å². The molecule has 0 unspecified atom stereocenters. The molecule has 3 aromatic rings. The van der Waals surface area contributed by atoms with Crippen LogP contribution in [0.1, 0.15) is 10.4 Å². The van der Waals surface area contributed by atoms with E-state index in [1.54, 1.807) is 48.5 Å². The number of carbonyl (C=O) groups excluding carboxylic acids is 1. The van der Waals surface area contributed by atoms with Crippen LogP contribution in [-0.2, 0) is 0 Å². The van der Waals surface area contributed by atoms with Gasteiger partial charge in [-0.3, -0.25) is 14.9 Å². The van der Waals surface area contributed by atoms with E-state index in [0.29, 0.717) is 17.1 Å². The van der Waals surface area contributed by atoms with E-state index >= 15 is 0 Å². The summed E-state index contributed by atoms with van der Waals surface area (Å²) in [7, 11) is 1.50. The lowest BCUT2D eigenvalue weighted by Gasteiger charge is -2.14. The van der Waals surface area contributed by atoms with Crippen LogP contribution in [0.4, 0.5) is 27.1 Å². The van der Waals surface area contributed by atoms with Crippen molar-refractivity contribution in [2.24, 2.45) is 0 Å². The quantitative estimate of drug-likeness (QED) is 0.475. The average molecular weight is 381 g/mol. The normalized spacial score (nSPS) is 10.2. The minimum Gasteiger partial charge on any atom is -0.495 e. The third-order valence-electron chi connectivity index (χ3n) is 3.96. The highest BCUT2D eigenvalue weighted by molar-refractivity contribution is 6.09. The lowest BCUT2D eigenvalue weighted by atomic mass is 10.1. The van der Waals surface area contributed by atoms with Gasteiger partial charge in [0.15, 0.2) is 5.82 Å². The molecule has 1 amide bonds.